The largest absolute Gasteiger partial charge is 0.507 e. The molecule has 4 aromatic carbocycles. The highest BCUT2D eigenvalue weighted by molar-refractivity contribution is 5.57. The number of aromatic hydroxyl groups is 2. The Morgan fingerprint density at radius 1 is 0.475 bits per heavy atom. The van der Waals surface area contributed by atoms with Crippen LogP contribution in [0.15, 0.2) is 54.6 Å². The van der Waals surface area contributed by atoms with E-state index in [0.29, 0.717) is 70.3 Å². The summed E-state index contributed by atoms with van der Waals surface area (Å²) in [5.41, 5.74) is 10.3. The number of nitrogens with zero attached hydrogens (tertiary/aromatic N) is 2. The maximum atomic E-state index is 12.4. The molecule has 6 heteroatoms. The van der Waals surface area contributed by atoms with E-state index in [1.165, 1.54) is 11.1 Å². The van der Waals surface area contributed by atoms with E-state index < -0.39 is 0 Å². The van der Waals surface area contributed by atoms with Crippen molar-refractivity contribution in [2.45, 2.75) is 163 Å². The van der Waals surface area contributed by atoms with Crippen molar-refractivity contribution in [1.29, 1.82) is 10.5 Å². The number of hydrogen-bond acceptors (Lipinski definition) is 6. The SMILES string of the molecule is CCc1cc(C(C)(C)C)cc(Cc2cc(C(C)(C)C)cc(Cc3cc(C(C)(C)C)cc(Cc4cc(C(C)(C)C)ccc4OCCCC#N)c3O)c2OCCCC#N)c1O. The van der Waals surface area contributed by atoms with Crippen LogP contribution in [0.3, 0.4) is 0 Å². The lowest BCUT2D eigenvalue weighted by Gasteiger charge is -2.27. The predicted molar refractivity (Wildman–Crippen MR) is 242 cm³/mol. The Labute approximate surface area is 356 Å². The van der Waals surface area contributed by atoms with Gasteiger partial charge in [0.1, 0.15) is 23.0 Å². The molecule has 0 spiro atoms. The lowest BCUT2D eigenvalue weighted by atomic mass is 9.80. The molecule has 0 aliphatic rings. The molecule has 0 aliphatic heterocycles. The molecule has 0 heterocycles. The predicted octanol–water partition coefficient (Wildman–Crippen LogP) is 13.0. The van der Waals surface area contributed by atoms with Gasteiger partial charge < -0.3 is 19.7 Å². The van der Waals surface area contributed by atoms with Gasteiger partial charge in [-0.1, -0.05) is 139 Å². The summed E-state index contributed by atoms with van der Waals surface area (Å²) in [6.45, 7) is 29.3. The minimum absolute atomic E-state index is 0.0864. The average molecular weight is 799 g/mol. The van der Waals surface area contributed by atoms with Gasteiger partial charge in [-0.25, -0.2) is 0 Å². The Morgan fingerprint density at radius 2 is 0.831 bits per heavy atom. The zero-order valence-corrected chi connectivity index (χ0v) is 38.4. The molecule has 4 aromatic rings. The number of phenolic OH excluding ortho intramolecular Hbond substituents is 2. The van der Waals surface area contributed by atoms with Crippen LogP contribution in [0.2, 0.25) is 0 Å². The molecule has 2 N–H and O–H groups in total. The maximum Gasteiger partial charge on any atom is 0.126 e. The fourth-order valence-electron chi connectivity index (χ4n) is 7.29. The van der Waals surface area contributed by atoms with Crippen LogP contribution >= 0.6 is 0 Å². The van der Waals surface area contributed by atoms with Gasteiger partial charge in [-0.2, -0.15) is 10.5 Å². The molecule has 0 saturated heterocycles. The Kier molecular flexibility index (Phi) is 15.0. The molecule has 316 valence electrons. The van der Waals surface area contributed by atoms with Crippen molar-refractivity contribution in [3.63, 3.8) is 0 Å². The molecule has 59 heavy (non-hydrogen) atoms. The second kappa shape index (κ2) is 19.0. The maximum absolute atomic E-state index is 12.4. The molecular formula is C53H70N2O4. The zero-order chi connectivity index (χ0) is 43.9. The standard InChI is InChI=1S/C53H70N2O4/c1-14-35-28-43(51(5,6)7)31-38(47(35)56)26-40-33-45(53(11,12)13)34-41(49(40)59-24-18-16-22-55)27-39-32-44(52(8,9)10)30-37(48(39)57)25-36-29-42(50(2,3)4)19-20-46(36)58-23-17-15-21-54/h19-20,28-34,56-57H,14-18,23-27H2,1-13H3. The molecule has 0 unspecified atom stereocenters. The number of unbranched alkanes of at least 4 members (excludes halogenated alkanes) is 2. The lowest BCUT2D eigenvalue weighted by Crippen LogP contribution is -2.16. The summed E-state index contributed by atoms with van der Waals surface area (Å²) in [4.78, 5) is 0. The minimum atomic E-state index is -0.206. The average Bonchev–Trinajstić information content (AvgIpc) is 3.13. The first-order valence-electron chi connectivity index (χ1n) is 21.5. The Balaban J connectivity index is 1.95. The number of aryl methyl sites for hydroxylation is 1. The summed E-state index contributed by atoms with van der Waals surface area (Å²) < 4.78 is 13.0. The number of hydrogen-bond donors (Lipinski definition) is 2. The summed E-state index contributed by atoms with van der Waals surface area (Å²) in [6, 6.07) is 23.8. The third kappa shape index (κ3) is 12.3. The van der Waals surface area contributed by atoms with Crippen molar-refractivity contribution in [2.75, 3.05) is 13.2 Å². The molecule has 0 aliphatic carbocycles. The van der Waals surface area contributed by atoms with Crippen LogP contribution in [0.1, 0.15) is 177 Å². The lowest BCUT2D eigenvalue weighted by molar-refractivity contribution is 0.306. The fraction of sp³-hybridized carbons (Fsp3) is 0.509. The Bertz CT molecular complexity index is 2170. The van der Waals surface area contributed by atoms with Crippen LogP contribution in [-0.4, -0.2) is 23.4 Å². The normalized spacial score (nSPS) is 12.3. The van der Waals surface area contributed by atoms with Crippen LogP contribution in [0.4, 0.5) is 0 Å². The number of benzene rings is 4. The number of ether oxygens (including phenoxy) is 2. The van der Waals surface area contributed by atoms with E-state index in [9.17, 15) is 15.5 Å². The van der Waals surface area contributed by atoms with Gasteiger partial charge in [0, 0.05) is 32.1 Å². The Morgan fingerprint density at radius 3 is 1.24 bits per heavy atom. The highest BCUT2D eigenvalue weighted by Gasteiger charge is 2.26. The van der Waals surface area contributed by atoms with E-state index >= 15 is 0 Å². The van der Waals surface area contributed by atoms with Crippen LogP contribution in [0.25, 0.3) is 0 Å². The third-order valence-electron chi connectivity index (χ3n) is 11.2. The molecule has 0 atom stereocenters. The number of nitriles is 2. The van der Waals surface area contributed by atoms with E-state index in [0.717, 1.165) is 61.6 Å². The molecule has 0 fully saturated rings. The summed E-state index contributed by atoms with van der Waals surface area (Å²) in [5, 5.41) is 42.5. The van der Waals surface area contributed by atoms with Crippen molar-refractivity contribution in [3.05, 3.63) is 116 Å². The molecule has 4 rings (SSSR count). The third-order valence-corrected chi connectivity index (χ3v) is 11.2. The molecule has 0 bridgehead atoms. The Hall–Kier alpha value is -4.94. The first kappa shape index (κ1) is 46.7. The van der Waals surface area contributed by atoms with Gasteiger partial charge in [0.05, 0.1) is 25.4 Å². The van der Waals surface area contributed by atoms with Crippen molar-refractivity contribution in [1.82, 2.24) is 0 Å². The van der Waals surface area contributed by atoms with Crippen molar-refractivity contribution < 1.29 is 19.7 Å². The summed E-state index contributed by atoms with van der Waals surface area (Å²) in [6.07, 6.45) is 4.11. The van der Waals surface area contributed by atoms with E-state index in [1.807, 2.05) is 6.07 Å². The van der Waals surface area contributed by atoms with E-state index in [1.54, 1.807) is 0 Å². The van der Waals surface area contributed by atoms with Crippen LogP contribution < -0.4 is 9.47 Å². The van der Waals surface area contributed by atoms with Gasteiger partial charge in [-0.3, -0.25) is 0 Å². The second-order valence-electron chi connectivity index (χ2n) is 20.3. The zero-order valence-electron chi connectivity index (χ0n) is 38.4. The van der Waals surface area contributed by atoms with Crippen molar-refractivity contribution in [2.24, 2.45) is 0 Å². The number of rotatable bonds is 15. The quantitative estimate of drug-likeness (QED) is 0.116. The van der Waals surface area contributed by atoms with Crippen LogP contribution in [0, 0.1) is 22.7 Å². The van der Waals surface area contributed by atoms with Gasteiger partial charge in [-0.05, 0) is 108 Å². The first-order valence-corrected chi connectivity index (χ1v) is 21.5. The topological polar surface area (TPSA) is 107 Å². The summed E-state index contributed by atoms with van der Waals surface area (Å²) >= 11 is 0. The molecule has 6 nitrogen and oxygen atoms in total. The van der Waals surface area contributed by atoms with Crippen molar-refractivity contribution >= 4 is 0 Å². The molecule has 0 amide bonds. The van der Waals surface area contributed by atoms with Crippen LogP contribution in [-0.2, 0) is 47.3 Å². The van der Waals surface area contributed by atoms with Gasteiger partial charge in [-0.15, -0.1) is 0 Å². The highest BCUT2D eigenvalue weighted by atomic mass is 16.5. The van der Waals surface area contributed by atoms with E-state index in [4.69, 9.17) is 14.7 Å². The highest BCUT2D eigenvalue weighted by Crippen LogP contribution is 2.41. The minimum Gasteiger partial charge on any atom is -0.507 e. The van der Waals surface area contributed by atoms with Gasteiger partial charge in [0.15, 0.2) is 0 Å². The molecule has 0 saturated carbocycles. The van der Waals surface area contributed by atoms with Gasteiger partial charge >= 0.3 is 0 Å². The monoisotopic (exact) mass is 799 g/mol. The smallest absolute Gasteiger partial charge is 0.126 e. The van der Waals surface area contributed by atoms with E-state index in [-0.39, 0.29) is 27.4 Å². The second-order valence-corrected chi connectivity index (χ2v) is 20.3. The fourth-order valence-corrected chi connectivity index (χ4v) is 7.29. The number of phenols is 2. The summed E-state index contributed by atoms with van der Waals surface area (Å²) in [7, 11) is 0. The molecular weight excluding hydrogens is 729 g/mol. The first-order chi connectivity index (χ1) is 27.5. The van der Waals surface area contributed by atoms with Crippen molar-refractivity contribution in [3.8, 4) is 35.1 Å². The van der Waals surface area contributed by atoms with Gasteiger partial charge in [0.25, 0.3) is 0 Å². The van der Waals surface area contributed by atoms with Crippen LogP contribution in [0.5, 0.6) is 23.0 Å². The van der Waals surface area contributed by atoms with E-state index in [2.05, 4.69) is 151 Å². The molecule has 0 radical (unpaired) electrons. The summed E-state index contributed by atoms with van der Waals surface area (Å²) in [5.74, 6) is 2.07. The van der Waals surface area contributed by atoms with Gasteiger partial charge in [0.2, 0.25) is 0 Å². The molecule has 0 aromatic heterocycles.